The molecule has 0 bridgehead atoms. The molecule has 2 heterocycles. The minimum Gasteiger partial charge on any atom is -0.476 e. The summed E-state index contributed by atoms with van der Waals surface area (Å²) in [5.41, 5.74) is 0.319. The molecule has 0 unspecified atom stereocenters. The van der Waals surface area contributed by atoms with Crippen LogP contribution in [0.1, 0.15) is 16.1 Å². The van der Waals surface area contributed by atoms with E-state index in [0.29, 0.717) is 0 Å². The fraction of sp³-hybridized carbons (Fsp3) is 0.111. The highest BCUT2D eigenvalue weighted by Gasteiger charge is 2.36. The van der Waals surface area contributed by atoms with Gasteiger partial charge in [-0.2, -0.15) is 5.10 Å². The van der Waals surface area contributed by atoms with E-state index < -0.39 is 37.1 Å². The van der Waals surface area contributed by atoms with E-state index in [1.165, 1.54) is 22.9 Å². The highest BCUT2D eigenvalue weighted by Crippen LogP contribution is 2.41. The SMILES string of the molecule is CS(=O)(=O)c1ccccc1-n1nc(C(=O)O)c2c1-c1ccccc1S(=O)(=O)C2. The molecule has 1 aromatic heterocycles. The smallest absolute Gasteiger partial charge is 0.356 e. The number of sulfone groups is 2. The first-order chi connectivity index (χ1) is 13.1. The number of rotatable bonds is 3. The lowest BCUT2D eigenvalue weighted by molar-refractivity contribution is 0.0689. The summed E-state index contributed by atoms with van der Waals surface area (Å²) >= 11 is 0. The van der Waals surface area contributed by atoms with Gasteiger partial charge in [-0.25, -0.2) is 26.3 Å². The van der Waals surface area contributed by atoms with E-state index in [1.807, 2.05) is 0 Å². The van der Waals surface area contributed by atoms with Crippen LogP contribution in [0.15, 0.2) is 58.3 Å². The van der Waals surface area contributed by atoms with E-state index in [4.69, 9.17) is 0 Å². The number of hydrogen-bond acceptors (Lipinski definition) is 6. The average Bonchev–Trinajstić information content (AvgIpc) is 3.00. The first-order valence-electron chi connectivity index (χ1n) is 8.08. The average molecular weight is 418 g/mol. The van der Waals surface area contributed by atoms with Crippen LogP contribution < -0.4 is 0 Å². The predicted octanol–water partition coefficient (Wildman–Crippen LogP) is 1.93. The Labute approximate surface area is 160 Å². The molecule has 0 saturated carbocycles. The number of benzene rings is 2. The van der Waals surface area contributed by atoms with Gasteiger partial charge in [-0.1, -0.05) is 30.3 Å². The second-order valence-corrected chi connectivity index (χ2v) is 10.3. The van der Waals surface area contributed by atoms with Crippen molar-refractivity contribution >= 4 is 25.6 Å². The van der Waals surface area contributed by atoms with Gasteiger partial charge in [-0.15, -0.1) is 0 Å². The van der Waals surface area contributed by atoms with Crippen LogP contribution in [0.2, 0.25) is 0 Å². The fourth-order valence-corrected chi connectivity index (χ4v) is 5.81. The van der Waals surface area contributed by atoms with E-state index >= 15 is 0 Å². The summed E-state index contributed by atoms with van der Waals surface area (Å²) in [5.74, 6) is -1.91. The quantitative estimate of drug-likeness (QED) is 0.689. The summed E-state index contributed by atoms with van der Waals surface area (Å²) in [5, 5.41) is 13.6. The first-order valence-corrected chi connectivity index (χ1v) is 11.6. The van der Waals surface area contributed by atoms with Gasteiger partial charge in [-0.3, -0.25) is 0 Å². The fourth-order valence-electron chi connectivity index (χ4n) is 3.36. The standard InChI is InChI=1S/C18H14N2O6S2/c1-27(23,24)15-9-5-3-7-13(15)20-17-11-6-2-4-8-14(11)28(25,26)10-12(17)16(19-20)18(21)22/h2-9H,10H2,1H3,(H,21,22). The number of hydrogen-bond donors (Lipinski definition) is 1. The molecule has 0 amide bonds. The Morgan fingerprint density at radius 2 is 1.75 bits per heavy atom. The van der Waals surface area contributed by atoms with Crippen molar-refractivity contribution in [1.82, 2.24) is 9.78 Å². The highest BCUT2D eigenvalue weighted by atomic mass is 32.2. The molecule has 8 nitrogen and oxygen atoms in total. The van der Waals surface area contributed by atoms with E-state index in [9.17, 15) is 26.7 Å². The lowest BCUT2D eigenvalue weighted by Gasteiger charge is -2.19. The Bertz CT molecular complexity index is 1350. The van der Waals surface area contributed by atoms with Gasteiger partial charge in [0.25, 0.3) is 0 Å². The summed E-state index contributed by atoms with van der Waals surface area (Å²) in [6.07, 6.45) is 1.04. The van der Waals surface area contributed by atoms with Crippen LogP contribution in [-0.4, -0.2) is 43.9 Å². The Morgan fingerprint density at radius 3 is 2.43 bits per heavy atom. The summed E-state index contributed by atoms with van der Waals surface area (Å²) in [6.45, 7) is 0. The largest absolute Gasteiger partial charge is 0.476 e. The number of carboxylic acids is 1. The number of carbonyl (C=O) groups is 1. The third-order valence-electron chi connectivity index (χ3n) is 4.49. The molecule has 28 heavy (non-hydrogen) atoms. The number of carboxylic acid groups (broad SMARTS) is 1. The second-order valence-electron chi connectivity index (χ2n) is 6.39. The van der Waals surface area contributed by atoms with Crippen molar-refractivity contribution < 1.29 is 26.7 Å². The maximum Gasteiger partial charge on any atom is 0.356 e. The van der Waals surface area contributed by atoms with Crippen molar-refractivity contribution in [2.75, 3.05) is 6.26 Å². The molecule has 0 spiro atoms. The number of para-hydroxylation sites is 1. The van der Waals surface area contributed by atoms with Gasteiger partial charge in [0, 0.05) is 17.4 Å². The topological polar surface area (TPSA) is 123 Å². The molecule has 1 aliphatic heterocycles. The molecular weight excluding hydrogens is 404 g/mol. The molecule has 1 N–H and O–H groups in total. The highest BCUT2D eigenvalue weighted by molar-refractivity contribution is 7.91. The van der Waals surface area contributed by atoms with Crippen molar-refractivity contribution in [3.8, 4) is 16.9 Å². The molecule has 0 aliphatic carbocycles. The Morgan fingerprint density at radius 1 is 1.11 bits per heavy atom. The van der Waals surface area contributed by atoms with E-state index in [2.05, 4.69) is 5.10 Å². The van der Waals surface area contributed by atoms with E-state index in [0.717, 1.165) is 6.26 Å². The van der Waals surface area contributed by atoms with Crippen LogP contribution in [0.4, 0.5) is 0 Å². The van der Waals surface area contributed by atoms with Crippen molar-refractivity contribution in [2.24, 2.45) is 0 Å². The molecule has 0 radical (unpaired) electrons. The molecule has 3 aromatic rings. The Kier molecular flexibility index (Phi) is 3.95. The Balaban J connectivity index is 2.15. The van der Waals surface area contributed by atoms with Gasteiger partial charge in [0.2, 0.25) is 0 Å². The molecular formula is C18H14N2O6S2. The number of nitrogens with zero attached hydrogens (tertiary/aromatic N) is 2. The third kappa shape index (κ3) is 2.72. The van der Waals surface area contributed by atoms with Gasteiger partial charge in [0.1, 0.15) is 0 Å². The number of aromatic nitrogens is 2. The maximum absolute atomic E-state index is 12.7. The van der Waals surface area contributed by atoms with Crippen LogP contribution >= 0.6 is 0 Å². The molecule has 144 valence electrons. The minimum atomic E-state index is -3.75. The van der Waals surface area contributed by atoms with Crippen molar-refractivity contribution in [1.29, 1.82) is 0 Å². The first kappa shape index (κ1) is 18.4. The molecule has 0 atom stereocenters. The predicted molar refractivity (Wildman–Crippen MR) is 100.0 cm³/mol. The van der Waals surface area contributed by atoms with Gasteiger partial charge in [-0.05, 0) is 18.2 Å². The van der Waals surface area contributed by atoms with Gasteiger partial charge in [0.05, 0.1) is 26.9 Å². The lowest BCUT2D eigenvalue weighted by atomic mass is 10.1. The Hall–Kier alpha value is -2.98. The summed E-state index contributed by atoms with van der Waals surface area (Å²) in [7, 11) is -7.40. The zero-order valence-electron chi connectivity index (χ0n) is 14.5. The second kappa shape index (κ2) is 6.01. The number of aromatic carboxylic acids is 1. The molecule has 4 rings (SSSR count). The lowest BCUT2D eigenvalue weighted by Crippen LogP contribution is -2.15. The van der Waals surface area contributed by atoms with Gasteiger partial charge in [0.15, 0.2) is 25.4 Å². The van der Waals surface area contributed by atoms with Crippen molar-refractivity contribution in [3.63, 3.8) is 0 Å². The van der Waals surface area contributed by atoms with Crippen LogP contribution in [0.25, 0.3) is 16.9 Å². The zero-order chi connectivity index (χ0) is 20.3. The summed E-state index contributed by atoms with van der Waals surface area (Å²) < 4.78 is 51.0. The van der Waals surface area contributed by atoms with Crippen LogP contribution in [-0.2, 0) is 25.4 Å². The monoisotopic (exact) mass is 418 g/mol. The maximum atomic E-state index is 12.7. The zero-order valence-corrected chi connectivity index (χ0v) is 16.2. The normalized spacial score (nSPS) is 14.9. The minimum absolute atomic E-state index is 0.0366. The number of fused-ring (bicyclic) bond motifs is 3. The molecule has 0 fully saturated rings. The summed E-state index contributed by atoms with van der Waals surface area (Å²) in [4.78, 5) is 11.7. The third-order valence-corrected chi connectivity index (χ3v) is 7.33. The summed E-state index contributed by atoms with van der Waals surface area (Å²) in [6, 6.07) is 12.2. The van der Waals surface area contributed by atoms with Crippen LogP contribution in [0.5, 0.6) is 0 Å². The van der Waals surface area contributed by atoms with Gasteiger partial charge >= 0.3 is 5.97 Å². The van der Waals surface area contributed by atoms with Crippen molar-refractivity contribution in [2.45, 2.75) is 15.5 Å². The van der Waals surface area contributed by atoms with Gasteiger partial charge < -0.3 is 5.11 Å². The van der Waals surface area contributed by atoms with E-state index in [-0.39, 0.29) is 32.3 Å². The molecule has 10 heteroatoms. The van der Waals surface area contributed by atoms with Crippen molar-refractivity contribution in [3.05, 3.63) is 59.8 Å². The van der Waals surface area contributed by atoms with Crippen LogP contribution in [0, 0.1) is 0 Å². The van der Waals surface area contributed by atoms with E-state index in [1.54, 1.807) is 30.3 Å². The molecule has 0 saturated heterocycles. The molecule has 2 aromatic carbocycles. The molecule has 1 aliphatic rings. The van der Waals surface area contributed by atoms with Crippen LogP contribution in [0.3, 0.4) is 0 Å².